The fourth-order valence-corrected chi connectivity index (χ4v) is 3.66. The molecule has 0 aliphatic carbocycles. The zero-order chi connectivity index (χ0) is 18.4. The van der Waals surface area contributed by atoms with Crippen LogP contribution in [-0.4, -0.2) is 18.5 Å². The molecule has 0 spiro atoms. The van der Waals surface area contributed by atoms with E-state index in [2.05, 4.69) is 11.4 Å². The normalized spacial score (nSPS) is 18.8. The van der Waals surface area contributed by atoms with Crippen LogP contribution in [0.5, 0.6) is 0 Å². The smallest absolute Gasteiger partial charge is 0.312 e. The van der Waals surface area contributed by atoms with Crippen molar-refractivity contribution in [2.75, 3.05) is 5.32 Å². The fourth-order valence-electron chi connectivity index (χ4n) is 2.79. The molecule has 0 saturated heterocycles. The highest BCUT2D eigenvalue weighted by Crippen LogP contribution is 2.40. The van der Waals surface area contributed by atoms with Gasteiger partial charge in [-0.2, -0.15) is 13.7 Å². The maximum atomic E-state index is 11.4. The lowest BCUT2D eigenvalue weighted by atomic mass is 9.91. The van der Waals surface area contributed by atoms with Gasteiger partial charge in [0.1, 0.15) is 0 Å². The topological polar surface area (TPSA) is 99.4 Å². The standard InChI is InChI=1S/C17H15ClN2O4S/c1-17(2)14-8-11(12-5-10(9-19)6-13(18)7-12)3-4-15(14)20-16(24-17)25(21,22)23/h3-8,16,20H,1-2H3,(H,21,22,23). The van der Waals surface area contributed by atoms with E-state index in [4.69, 9.17) is 21.6 Å². The summed E-state index contributed by atoms with van der Waals surface area (Å²) in [5, 5.41) is 12.2. The van der Waals surface area contributed by atoms with E-state index in [1.165, 1.54) is 0 Å². The Morgan fingerprint density at radius 2 is 1.96 bits per heavy atom. The summed E-state index contributed by atoms with van der Waals surface area (Å²) in [6, 6.07) is 12.4. The second-order valence-corrected chi connectivity index (χ2v) is 8.11. The molecule has 1 atom stereocenters. The summed E-state index contributed by atoms with van der Waals surface area (Å²) < 4.78 is 37.6. The molecule has 6 nitrogen and oxygen atoms in total. The molecule has 2 aromatic carbocycles. The average molecular weight is 379 g/mol. The molecular formula is C17H15ClN2O4S. The monoisotopic (exact) mass is 378 g/mol. The highest BCUT2D eigenvalue weighted by Gasteiger charge is 2.39. The van der Waals surface area contributed by atoms with Crippen molar-refractivity contribution in [2.24, 2.45) is 0 Å². The van der Waals surface area contributed by atoms with E-state index in [0.29, 0.717) is 16.3 Å². The summed E-state index contributed by atoms with van der Waals surface area (Å²) in [6.45, 7) is 3.43. The minimum atomic E-state index is -4.40. The highest BCUT2D eigenvalue weighted by molar-refractivity contribution is 7.86. The minimum absolute atomic E-state index is 0.445. The number of nitrogens with one attached hydrogen (secondary N) is 1. The molecule has 1 unspecified atom stereocenters. The number of fused-ring (bicyclic) bond motifs is 1. The van der Waals surface area contributed by atoms with Crippen LogP contribution in [0.4, 0.5) is 5.69 Å². The van der Waals surface area contributed by atoms with Gasteiger partial charge in [-0.1, -0.05) is 17.7 Å². The number of hydrogen-bond acceptors (Lipinski definition) is 5. The van der Waals surface area contributed by atoms with Crippen molar-refractivity contribution in [1.29, 1.82) is 5.26 Å². The van der Waals surface area contributed by atoms with Crippen LogP contribution in [-0.2, 0) is 20.5 Å². The van der Waals surface area contributed by atoms with Gasteiger partial charge in [-0.3, -0.25) is 4.55 Å². The molecule has 1 heterocycles. The molecule has 0 aromatic heterocycles. The van der Waals surface area contributed by atoms with Crippen LogP contribution in [0, 0.1) is 11.3 Å². The molecule has 0 amide bonds. The molecule has 0 fully saturated rings. The number of halogens is 1. The maximum Gasteiger partial charge on any atom is 0.312 e. The first kappa shape index (κ1) is 17.7. The first-order valence-corrected chi connectivity index (χ1v) is 9.24. The van der Waals surface area contributed by atoms with Crippen molar-refractivity contribution in [3.63, 3.8) is 0 Å². The first-order valence-electron chi connectivity index (χ1n) is 7.36. The largest absolute Gasteiger partial charge is 0.345 e. The van der Waals surface area contributed by atoms with Gasteiger partial charge in [0.25, 0.3) is 5.56 Å². The number of anilines is 1. The maximum absolute atomic E-state index is 11.4. The predicted molar refractivity (Wildman–Crippen MR) is 94.7 cm³/mol. The van der Waals surface area contributed by atoms with Gasteiger partial charge < -0.3 is 10.1 Å². The third-order valence-electron chi connectivity index (χ3n) is 3.97. The van der Waals surface area contributed by atoms with Crippen LogP contribution in [0.25, 0.3) is 11.1 Å². The molecule has 8 heteroatoms. The summed E-state index contributed by atoms with van der Waals surface area (Å²) in [6.07, 6.45) is 0. The van der Waals surface area contributed by atoms with Crippen molar-refractivity contribution in [1.82, 2.24) is 0 Å². The van der Waals surface area contributed by atoms with Crippen LogP contribution in [0.1, 0.15) is 25.0 Å². The molecule has 0 saturated carbocycles. The molecular weight excluding hydrogens is 364 g/mol. The van der Waals surface area contributed by atoms with Gasteiger partial charge in [0.15, 0.2) is 0 Å². The Balaban J connectivity index is 2.10. The molecule has 1 aliphatic rings. The summed E-state index contributed by atoms with van der Waals surface area (Å²) >= 11 is 6.06. The van der Waals surface area contributed by atoms with E-state index in [1.54, 1.807) is 44.2 Å². The summed E-state index contributed by atoms with van der Waals surface area (Å²) in [5.74, 6) is 0. The number of benzene rings is 2. The van der Waals surface area contributed by atoms with Gasteiger partial charge in [-0.15, -0.1) is 0 Å². The molecule has 25 heavy (non-hydrogen) atoms. The Hall–Kier alpha value is -2.11. The second kappa shape index (κ2) is 6.00. The molecule has 1 aliphatic heterocycles. The van der Waals surface area contributed by atoms with Crippen molar-refractivity contribution in [3.05, 3.63) is 52.5 Å². The van der Waals surface area contributed by atoms with Gasteiger partial charge in [0, 0.05) is 16.3 Å². The van der Waals surface area contributed by atoms with Gasteiger partial charge in [-0.05, 0) is 55.3 Å². The number of nitriles is 1. The van der Waals surface area contributed by atoms with E-state index in [1.807, 2.05) is 6.07 Å². The van der Waals surface area contributed by atoms with E-state index in [-0.39, 0.29) is 0 Å². The van der Waals surface area contributed by atoms with Crippen LogP contribution < -0.4 is 5.32 Å². The molecule has 130 valence electrons. The highest BCUT2D eigenvalue weighted by atomic mass is 35.5. The van der Waals surface area contributed by atoms with Crippen molar-refractivity contribution in [3.8, 4) is 17.2 Å². The Labute approximate surface area is 150 Å². The predicted octanol–water partition coefficient (Wildman–Crippen LogP) is 3.73. The van der Waals surface area contributed by atoms with E-state index in [0.717, 1.165) is 16.7 Å². The SMILES string of the molecule is CC1(C)OC(S(=O)(=O)O)Nc2ccc(-c3cc(Cl)cc(C#N)c3)cc21. The average Bonchev–Trinajstić information content (AvgIpc) is 2.52. The third-order valence-corrected chi connectivity index (χ3v) is 4.95. The van der Waals surface area contributed by atoms with Crippen molar-refractivity contribution in [2.45, 2.75) is 25.0 Å². The summed E-state index contributed by atoms with van der Waals surface area (Å²) in [7, 11) is -4.40. The van der Waals surface area contributed by atoms with Crippen LogP contribution >= 0.6 is 11.6 Å². The number of ether oxygens (including phenoxy) is 1. The number of hydrogen-bond donors (Lipinski definition) is 2. The van der Waals surface area contributed by atoms with Crippen molar-refractivity contribution >= 4 is 27.4 Å². The fraction of sp³-hybridized carbons (Fsp3) is 0.235. The molecule has 0 radical (unpaired) electrons. The zero-order valence-electron chi connectivity index (χ0n) is 13.4. The van der Waals surface area contributed by atoms with Gasteiger partial charge in [0.05, 0.1) is 17.2 Å². The number of rotatable bonds is 2. The van der Waals surface area contributed by atoms with E-state index in [9.17, 15) is 13.0 Å². The van der Waals surface area contributed by atoms with E-state index >= 15 is 0 Å². The Morgan fingerprint density at radius 1 is 1.24 bits per heavy atom. The number of nitrogens with zero attached hydrogens (tertiary/aromatic N) is 1. The second-order valence-electron chi connectivity index (χ2n) is 6.22. The molecule has 3 rings (SSSR count). The van der Waals surface area contributed by atoms with Crippen LogP contribution in [0.3, 0.4) is 0 Å². The molecule has 2 N–H and O–H groups in total. The summed E-state index contributed by atoms with van der Waals surface area (Å²) in [5.41, 5.74) is 0.806. The lowest BCUT2D eigenvalue weighted by molar-refractivity contribution is -0.0406. The van der Waals surface area contributed by atoms with E-state index < -0.39 is 21.3 Å². The van der Waals surface area contributed by atoms with Gasteiger partial charge in [-0.25, -0.2) is 0 Å². The summed E-state index contributed by atoms with van der Waals surface area (Å²) in [4.78, 5) is 0. The van der Waals surface area contributed by atoms with Crippen LogP contribution in [0.15, 0.2) is 36.4 Å². The first-order chi connectivity index (χ1) is 11.6. The van der Waals surface area contributed by atoms with Crippen molar-refractivity contribution < 1.29 is 17.7 Å². The molecule has 2 aromatic rings. The Bertz CT molecular complexity index is 996. The third kappa shape index (κ3) is 3.48. The lowest BCUT2D eigenvalue weighted by Crippen LogP contribution is -2.43. The van der Waals surface area contributed by atoms with Gasteiger partial charge >= 0.3 is 10.1 Å². The Kier molecular flexibility index (Phi) is 4.25. The van der Waals surface area contributed by atoms with Crippen LogP contribution in [0.2, 0.25) is 5.02 Å². The lowest BCUT2D eigenvalue weighted by Gasteiger charge is -2.37. The Morgan fingerprint density at radius 3 is 2.60 bits per heavy atom. The zero-order valence-corrected chi connectivity index (χ0v) is 15.0. The molecule has 0 bridgehead atoms. The minimum Gasteiger partial charge on any atom is -0.345 e. The quantitative estimate of drug-likeness (QED) is 0.772. The van der Waals surface area contributed by atoms with Gasteiger partial charge in [0.2, 0.25) is 0 Å².